The van der Waals surface area contributed by atoms with E-state index >= 15 is 0 Å². The topological polar surface area (TPSA) is 66.8 Å². The van der Waals surface area contributed by atoms with Gasteiger partial charge in [-0.3, -0.25) is 14.6 Å². The number of hydrogen-bond acceptors (Lipinski definition) is 3. The van der Waals surface area contributed by atoms with Crippen LogP contribution in [0.25, 0.3) is 11.1 Å². The van der Waals surface area contributed by atoms with Crippen LogP contribution in [0.1, 0.15) is 60.8 Å². The molecule has 1 atom stereocenters. The van der Waals surface area contributed by atoms with Gasteiger partial charge in [0, 0.05) is 30.8 Å². The van der Waals surface area contributed by atoms with Crippen LogP contribution in [-0.4, -0.2) is 37.3 Å². The van der Waals surface area contributed by atoms with Crippen molar-refractivity contribution < 1.29 is 18.0 Å². The van der Waals surface area contributed by atoms with Crippen LogP contribution in [0.2, 0.25) is 0 Å². The van der Waals surface area contributed by atoms with E-state index in [9.17, 15) is 18.0 Å². The number of alkyl halides is 3. The molecule has 1 aliphatic rings. The first kappa shape index (κ1) is 23.1. The monoisotopic (exact) mass is 459 g/mol. The maximum Gasteiger partial charge on any atom is 0.416 e. The average molecular weight is 460 g/mol. The Balaban J connectivity index is 1.48. The lowest BCUT2D eigenvalue weighted by atomic mass is 9.94. The number of rotatable bonds is 6. The SMILES string of the molecule is Cc1cc(C)n(CCCC(=O)N2CCCC[C@@H]2c2[nH]ncc2-c2ccc(C(F)(F)F)cc2)n1. The van der Waals surface area contributed by atoms with Gasteiger partial charge in [0.2, 0.25) is 5.91 Å². The molecule has 0 radical (unpaired) electrons. The van der Waals surface area contributed by atoms with E-state index in [2.05, 4.69) is 15.3 Å². The molecule has 3 heterocycles. The molecule has 2 aromatic heterocycles. The highest BCUT2D eigenvalue weighted by Gasteiger charge is 2.32. The zero-order chi connectivity index (χ0) is 23.6. The number of halogens is 3. The van der Waals surface area contributed by atoms with Gasteiger partial charge in [0.15, 0.2) is 0 Å². The Labute approximate surface area is 190 Å². The number of benzene rings is 1. The van der Waals surface area contributed by atoms with Crippen LogP contribution in [0.5, 0.6) is 0 Å². The number of hydrogen-bond donors (Lipinski definition) is 1. The summed E-state index contributed by atoms with van der Waals surface area (Å²) in [6.07, 6.45) is 1.06. The predicted octanol–water partition coefficient (Wildman–Crippen LogP) is 5.44. The summed E-state index contributed by atoms with van der Waals surface area (Å²) < 4.78 is 40.7. The molecule has 6 nitrogen and oxygen atoms in total. The van der Waals surface area contributed by atoms with Gasteiger partial charge in [-0.25, -0.2) is 0 Å². The largest absolute Gasteiger partial charge is 0.416 e. The van der Waals surface area contributed by atoms with Gasteiger partial charge < -0.3 is 4.90 Å². The standard InChI is InChI=1S/C24H28F3N5O/c1-16-14-17(2)32(30-16)13-5-7-22(33)31-12-4-3-6-21(31)23-20(15-28-29-23)18-8-10-19(11-9-18)24(25,26)27/h8-11,14-15,21H,3-7,12-13H2,1-2H3,(H,28,29)/t21-/m1/s1. The van der Waals surface area contributed by atoms with Gasteiger partial charge in [-0.15, -0.1) is 0 Å². The quantitative estimate of drug-likeness (QED) is 0.534. The van der Waals surface area contributed by atoms with E-state index in [1.54, 1.807) is 6.20 Å². The van der Waals surface area contributed by atoms with Crippen molar-refractivity contribution in [2.75, 3.05) is 6.54 Å². The summed E-state index contributed by atoms with van der Waals surface area (Å²) in [5.41, 5.74) is 3.51. The first-order chi connectivity index (χ1) is 15.7. The number of piperidine rings is 1. The van der Waals surface area contributed by atoms with E-state index in [4.69, 9.17) is 0 Å². The van der Waals surface area contributed by atoms with Crippen molar-refractivity contribution in [2.24, 2.45) is 0 Å². The first-order valence-corrected chi connectivity index (χ1v) is 11.3. The molecule has 1 aliphatic heterocycles. The Hall–Kier alpha value is -3.10. The second-order valence-electron chi connectivity index (χ2n) is 8.62. The van der Waals surface area contributed by atoms with Crippen LogP contribution in [0.4, 0.5) is 13.2 Å². The molecule has 4 rings (SSSR count). The summed E-state index contributed by atoms with van der Waals surface area (Å²) in [7, 11) is 0. The van der Waals surface area contributed by atoms with Crippen molar-refractivity contribution in [3.8, 4) is 11.1 Å². The number of carbonyl (C=O) groups is 1. The Bertz CT molecular complexity index is 1100. The van der Waals surface area contributed by atoms with Crippen molar-refractivity contribution in [3.05, 3.63) is 59.2 Å². The summed E-state index contributed by atoms with van der Waals surface area (Å²) in [6.45, 7) is 5.30. The van der Waals surface area contributed by atoms with E-state index in [0.29, 0.717) is 31.5 Å². The number of nitrogens with zero attached hydrogens (tertiary/aromatic N) is 4. The normalized spacial score (nSPS) is 16.9. The fourth-order valence-corrected chi connectivity index (χ4v) is 4.57. The maximum atomic E-state index is 13.1. The fraction of sp³-hybridized carbons (Fsp3) is 0.458. The Kier molecular flexibility index (Phi) is 6.58. The number of aryl methyl sites for hydroxylation is 3. The molecule has 3 aromatic rings. The zero-order valence-corrected chi connectivity index (χ0v) is 18.8. The molecule has 0 saturated carbocycles. The van der Waals surface area contributed by atoms with Gasteiger partial charge in [-0.1, -0.05) is 12.1 Å². The lowest BCUT2D eigenvalue weighted by molar-refractivity contribution is -0.137. The van der Waals surface area contributed by atoms with E-state index in [-0.39, 0.29) is 11.9 Å². The third-order valence-electron chi connectivity index (χ3n) is 6.21. The minimum Gasteiger partial charge on any atom is -0.334 e. The highest BCUT2D eigenvalue weighted by molar-refractivity contribution is 5.77. The van der Waals surface area contributed by atoms with E-state index < -0.39 is 11.7 Å². The van der Waals surface area contributed by atoms with E-state index in [1.165, 1.54) is 12.1 Å². The van der Waals surface area contributed by atoms with Gasteiger partial charge in [0.25, 0.3) is 0 Å². The Morgan fingerprint density at radius 3 is 2.61 bits per heavy atom. The molecule has 1 amide bonds. The van der Waals surface area contributed by atoms with Crippen molar-refractivity contribution in [3.63, 3.8) is 0 Å². The summed E-state index contributed by atoms with van der Waals surface area (Å²) in [6, 6.07) is 6.92. The number of nitrogens with one attached hydrogen (secondary N) is 1. The number of aromatic nitrogens is 4. The highest BCUT2D eigenvalue weighted by atomic mass is 19.4. The molecule has 0 spiro atoms. The lowest BCUT2D eigenvalue weighted by Crippen LogP contribution is -2.38. The zero-order valence-electron chi connectivity index (χ0n) is 18.8. The summed E-state index contributed by atoms with van der Waals surface area (Å²) in [5.74, 6) is 0.0780. The second kappa shape index (κ2) is 9.41. The third-order valence-corrected chi connectivity index (χ3v) is 6.21. The molecule has 1 fully saturated rings. The van der Waals surface area contributed by atoms with Gasteiger partial charge in [0.05, 0.1) is 29.2 Å². The fourth-order valence-electron chi connectivity index (χ4n) is 4.57. The van der Waals surface area contributed by atoms with Crippen LogP contribution in [0.15, 0.2) is 36.5 Å². The second-order valence-corrected chi connectivity index (χ2v) is 8.62. The van der Waals surface area contributed by atoms with Crippen molar-refractivity contribution in [1.29, 1.82) is 0 Å². The molecule has 33 heavy (non-hydrogen) atoms. The summed E-state index contributed by atoms with van der Waals surface area (Å²) in [5, 5.41) is 11.6. The summed E-state index contributed by atoms with van der Waals surface area (Å²) >= 11 is 0. The maximum absolute atomic E-state index is 13.1. The van der Waals surface area contributed by atoms with Crippen LogP contribution < -0.4 is 0 Å². The minimum absolute atomic E-state index is 0.0780. The summed E-state index contributed by atoms with van der Waals surface area (Å²) in [4.78, 5) is 15.0. The molecular weight excluding hydrogens is 431 g/mol. The lowest BCUT2D eigenvalue weighted by Gasteiger charge is -2.36. The molecular formula is C24H28F3N5O. The third kappa shape index (κ3) is 5.12. The average Bonchev–Trinajstić information content (AvgIpc) is 3.39. The molecule has 1 N–H and O–H groups in total. The van der Waals surface area contributed by atoms with Gasteiger partial charge >= 0.3 is 6.18 Å². The van der Waals surface area contributed by atoms with E-state index in [1.807, 2.05) is 29.5 Å². The van der Waals surface area contributed by atoms with E-state index in [0.717, 1.165) is 54.0 Å². The van der Waals surface area contributed by atoms with Crippen molar-refractivity contribution >= 4 is 5.91 Å². The molecule has 9 heteroatoms. The van der Waals surface area contributed by atoms with Crippen LogP contribution in [-0.2, 0) is 17.5 Å². The number of amides is 1. The van der Waals surface area contributed by atoms with Crippen molar-refractivity contribution in [1.82, 2.24) is 24.9 Å². The molecule has 1 aromatic carbocycles. The predicted molar refractivity (Wildman–Crippen MR) is 118 cm³/mol. The van der Waals surface area contributed by atoms with Crippen molar-refractivity contribution in [2.45, 2.75) is 64.7 Å². The minimum atomic E-state index is -4.38. The molecule has 0 bridgehead atoms. The number of aromatic amines is 1. The van der Waals surface area contributed by atoms with Crippen LogP contribution in [0, 0.1) is 13.8 Å². The molecule has 1 saturated heterocycles. The van der Waals surface area contributed by atoms with Gasteiger partial charge in [-0.05, 0) is 63.3 Å². The van der Waals surface area contributed by atoms with Gasteiger partial charge in [-0.2, -0.15) is 23.4 Å². The van der Waals surface area contributed by atoms with Gasteiger partial charge in [0.1, 0.15) is 0 Å². The number of H-pyrrole nitrogens is 1. The Morgan fingerprint density at radius 2 is 1.94 bits per heavy atom. The highest BCUT2D eigenvalue weighted by Crippen LogP contribution is 2.37. The van der Waals surface area contributed by atoms with Crippen LogP contribution in [0.3, 0.4) is 0 Å². The molecule has 0 unspecified atom stereocenters. The number of likely N-dealkylation sites (tertiary alicyclic amines) is 1. The first-order valence-electron chi connectivity index (χ1n) is 11.3. The molecule has 176 valence electrons. The smallest absolute Gasteiger partial charge is 0.334 e. The Morgan fingerprint density at radius 1 is 1.18 bits per heavy atom. The number of carbonyl (C=O) groups excluding carboxylic acids is 1. The van der Waals surface area contributed by atoms with Crippen LogP contribution >= 0.6 is 0 Å². The molecule has 0 aliphatic carbocycles.